The fraction of sp³-hybridized carbons (Fsp3) is 0.500. The molecular formula is C16H21ClN6O. The molecule has 0 radical (unpaired) electrons. The second-order valence-electron chi connectivity index (χ2n) is 5.79. The van der Waals surface area contributed by atoms with E-state index in [2.05, 4.69) is 20.4 Å². The van der Waals surface area contributed by atoms with Crippen LogP contribution in [0.15, 0.2) is 30.3 Å². The van der Waals surface area contributed by atoms with Crippen molar-refractivity contribution in [2.45, 2.75) is 19.4 Å². The third kappa shape index (κ3) is 4.10. The Morgan fingerprint density at radius 1 is 1.12 bits per heavy atom. The third-order valence-electron chi connectivity index (χ3n) is 4.15. The number of hydrogen-bond acceptors (Lipinski definition) is 5. The first-order valence-electron chi connectivity index (χ1n) is 8.16. The van der Waals surface area contributed by atoms with Gasteiger partial charge in [0.15, 0.2) is 5.82 Å². The van der Waals surface area contributed by atoms with E-state index < -0.39 is 0 Å². The molecule has 0 bridgehead atoms. The average molecular weight is 349 g/mol. The number of rotatable bonds is 6. The minimum Gasteiger partial charge on any atom is -0.340 e. The van der Waals surface area contributed by atoms with Gasteiger partial charge in [0.1, 0.15) is 0 Å². The van der Waals surface area contributed by atoms with Crippen molar-refractivity contribution in [2.24, 2.45) is 0 Å². The summed E-state index contributed by atoms with van der Waals surface area (Å²) in [7, 11) is 0. The first kappa shape index (κ1) is 16.9. The fourth-order valence-corrected chi connectivity index (χ4v) is 2.94. The number of hydrogen-bond donors (Lipinski definition) is 0. The van der Waals surface area contributed by atoms with Crippen molar-refractivity contribution < 1.29 is 4.79 Å². The molecule has 0 spiro atoms. The van der Waals surface area contributed by atoms with E-state index in [1.807, 2.05) is 35.2 Å². The van der Waals surface area contributed by atoms with Crippen molar-refractivity contribution >= 4 is 17.5 Å². The summed E-state index contributed by atoms with van der Waals surface area (Å²) in [6, 6.07) is 9.85. The Balaban J connectivity index is 1.56. The highest BCUT2D eigenvalue weighted by Gasteiger charge is 2.22. The van der Waals surface area contributed by atoms with Gasteiger partial charge in [-0.25, -0.2) is 0 Å². The molecule has 1 fully saturated rings. The van der Waals surface area contributed by atoms with Crippen LogP contribution in [0.25, 0.3) is 5.69 Å². The van der Waals surface area contributed by atoms with Gasteiger partial charge in [0, 0.05) is 38.5 Å². The normalized spacial score (nSPS) is 15.6. The Bertz CT molecular complexity index is 654. The van der Waals surface area contributed by atoms with Gasteiger partial charge in [0.25, 0.3) is 0 Å². The zero-order chi connectivity index (χ0) is 16.8. The second kappa shape index (κ2) is 8.21. The molecule has 2 aromatic rings. The maximum absolute atomic E-state index is 12.0. The lowest BCUT2D eigenvalue weighted by molar-refractivity contribution is -0.133. The molecule has 0 saturated carbocycles. The van der Waals surface area contributed by atoms with Crippen molar-refractivity contribution in [2.75, 3.05) is 32.1 Å². The van der Waals surface area contributed by atoms with Gasteiger partial charge >= 0.3 is 0 Å². The molecule has 7 nitrogen and oxygen atoms in total. The lowest BCUT2D eigenvalue weighted by atomic mass is 10.2. The summed E-state index contributed by atoms with van der Waals surface area (Å²) in [5, 5.41) is 12.0. The minimum absolute atomic E-state index is 0.199. The van der Waals surface area contributed by atoms with Crippen LogP contribution in [0.5, 0.6) is 0 Å². The maximum Gasteiger partial charge on any atom is 0.222 e. The van der Waals surface area contributed by atoms with Gasteiger partial charge in [-0.15, -0.1) is 16.7 Å². The number of carbonyl (C=O) groups is 1. The highest BCUT2D eigenvalue weighted by Crippen LogP contribution is 2.11. The van der Waals surface area contributed by atoms with Crippen molar-refractivity contribution in [1.29, 1.82) is 0 Å². The molecule has 1 aliphatic rings. The molecule has 8 heteroatoms. The van der Waals surface area contributed by atoms with Crippen molar-refractivity contribution in [3.8, 4) is 5.69 Å². The van der Waals surface area contributed by atoms with E-state index in [1.165, 1.54) is 0 Å². The van der Waals surface area contributed by atoms with Gasteiger partial charge in [0.05, 0.1) is 12.2 Å². The molecule has 1 saturated heterocycles. The van der Waals surface area contributed by atoms with Crippen molar-refractivity contribution in [3.63, 3.8) is 0 Å². The number of piperazine rings is 1. The van der Waals surface area contributed by atoms with Crippen LogP contribution in [0, 0.1) is 0 Å². The number of carbonyl (C=O) groups excluding carboxylic acids is 1. The topological polar surface area (TPSA) is 67.2 Å². The van der Waals surface area contributed by atoms with Crippen molar-refractivity contribution in [1.82, 2.24) is 30.0 Å². The number of halogens is 1. The van der Waals surface area contributed by atoms with E-state index in [4.69, 9.17) is 11.6 Å². The molecule has 24 heavy (non-hydrogen) atoms. The number of para-hydroxylation sites is 1. The van der Waals surface area contributed by atoms with Gasteiger partial charge in [-0.05, 0) is 29.0 Å². The predicted octanol–water partition coefficient (Wildman–Crippen LogP) is 1.33. The number of tetrazole rings is 1. The van der Waals surface area contributed by atoms with Crippen LogP contribution in [0.1, 0.15) is 18.7 Å². The highest BCUT2D eigenvalue weighted by molar-refractivity contribution is 6.17. The monoisotopic (exact) mass is 348 g/mol. The molecule has 128 valence electrons. The highest BCUT2D eigenvalue weighted by atomic mass is 35.5. The summed E-state index contributed by atoms with van der Waals surface area (Å²) in [4.78, 5) is 16.2. The fourth-order valence-electron chi connectivity index (χ4n) is 2.81. The van der Waals surface area contributed by atoms with Gasteiger partial charge in [-0.2, -0.15) is 4.68 Å². The summed E-state index contributed by atoms with van der Waals surface area (Å²) >= 11 is 5.65. The Kier molecular flexibility index (Phi) is 5.77. The van der Waals surface area contributed by atoms with Gasteiger partial charge < -0.3 is 4.90 Å². The van der Waals surface area contributed by atoms with Crippen LogP contribution in [0.3, 0.4) is 0 Å². The standard InChI is InChI=1S/C16H21ClN6O/c17-8-4-7-16(24)22-11-9-21(10-12-22)13-15-18-19-20-23(15)14-5-2-1-3-6-14/h1-3,5-6H,4,7-13H2. The minimum atomic E-state index is 0.199. The number of amides is 1. The molecule has 0 atom stereocenters. The Morgan fingerprint density at radius 2 is 1.88 bits per heavy atom. The van der Waals surface area contributed by atoms with Gasteiger partial charge in [-0.3, -0.25) is 9.69 Å². The van der Waals surface area contributed by atoms with Crippen molar-refractivity contribution in [3.05, 3.63) is 36.2 Å². The third-order valence-corrected chi connectivity index (χ3v) is 4.42. The summed E-state index contributed by atoms with van der Waals surface area (Å²) in [6.45, 7) is 3.82. The van der Waals surface area contributed by atoms with Crippen LogP contribution in [0.4, 0.5) is 0 Å². The number of nitrogens with zero attached hydrogens (tertiary/aromatic N) is 6. The largest absolute Gasteiger partial charge is 0.340 e. The van der Waals surface area contributed by atoms with E-state index in [0.717, 1.165) is 44.1 Å². The van der Waals surface area contributed by atoms with Crippen LogP contribution >= 0.6 is 11.6 Å². The molecular weight excluding hydrogens is 328 g/mol. The molecule has 0 aliphatic carbocycles. The van der Waals surface area contributed by atoms with E-state index in [-0.39, 0.29) is 5.91 Å². The molecule has 1 aliphatic heterocycles. The molecule has 3 rings (SSSR count). The Morgan fingerprint density at radius 3 is 2.58 bits per heavy atom. The van der Waals surface area contributed by atoms with E-state index in [9.17, 15) is 4.79 Å². The predicted molar refractivity (Wildman–Crippen MR) is 91.0 cm³/mol. The van der Waals surface area contributed by atoms with E-state index in [1.54, 1.807) is 4.68 Å². The summed E-state index contributed by atoms with van der Waals surface area (Å²) in [6.07, 6.45) is 1.28. The number of alkyl halides is 1. The van der Waals surface area contributed by atoms with E-state index in [0.29, 0.717) is 18.8 Å². The maximum atomic E-state index is 12.0. The zero-order valence-corrected chi connectivity index (χ0v) is 14.3. The van der Waals surface area contributed by atoms with Crippen LogP contribution in [0.2, 0.25) is 0 Å². The first-order chi connectivity index (χ1) is 11.8. The second-order valence-corrected chi connectivity index (χ2v) is 6.17. The SMILES string of the molecule is O=C(CCCCl)N1CCN(Cc2nnnn2-c2ccccc2)CC1. The number of benzene rings is 1. The van der Waals surface area contributed by atoms with Crippen LogP contribution < -0.4 is 0 Å². The summed E-state index contributed by atoms with van der Waals surface area (Å²) in [5.41, 5.74) is 0.951. The summed E-state index contributed by atoms with van der Waals surface area (Å²) in [5.74, 6) is 1.54. The number of aromatic nitrogens is 4. The molecule has 0 unspecified atom stereocenters. The molecule has 2 heterocycles. The van der Waals surface area contributed by atoms with Crippen LogP contribution in [-0.2, 0) is 11.3 Å². The van der Waals surface area contributed by atoms with E-state index >= 15 is 0 Å². The average Bonchev–Trinajstić information content (AvgIpc) is 3.09. The molecule has 1 amide bonds. The molecule has 0 N–H and O–H groups in total. The van der Waals surface area contributed by atoms with Crippen LogP contribution in [-0.4, -0.2) is 68.0 Å². The quantitative estimate of drug-likeness (QED) is 0.737. The van der Waals surface area contributed by atoms with Gasteiger partial charge in [0.2, 0.25) is 5.91 Å². The molecule has 1 aromatic heterocycles. The first-order valence-corrected chi connectivity index (χ1v) is 8.70. The Hall–Kier alpha value is -1.99. The lowest BCUT2D eigenvalue weighted by Crippen LogP contribution is -2.48. The lowest BCUT2D eigenvalue weighted by Gasteiger charge is -2.34. The zero-order valence-electron chi connectivity index (χ0n) is 13.5. The van der Waals surface area contributed by atoms with Gasteiger partial charge in [-0.1, -0.05) is 18.2 Å². The molecule has 1 aromatic carbocycles. The Labute approximate surface area is 146 Å². The summed E-state index contributed by atoms with van der Waals surface area (Å²) < 4.78 is 1.76. The smallest absolute Gasteiger partial charge is 0.222 e.